The number of aliphatic hydroxyl groups is 1. The van der Waals surface area contributed by atoms with Crippen molar-refractivity contribution < 1.29 is 24.5 Å². The van der Waals surface area contributed by atoms with Crippen LogP contribution in [0, 0.1) is 0 Å². The van der Waals surface area contributed by atoms with E-state index in [1.165, 1.54) is 4.90 Å². The Morgan fingerprint density at radius 1 is 1.38 bits per heavy atom. The zero-order valence-corrected chi connectivity index (χ0v) is 11.5. The van der Waals surface area contributed by atoms with E-state index in [1.807, 2.05) is 0 Å². The number of carbonyl (C=O) groups is 2. The number of carboxylic acid groups (broad SMARTS) is 1. The minimum Gasteiger partial charge on any atom is -0.481 e. The predicted molar refractivity (Wildman–Crippen MR) is 75.2 cm³/mol. The maximum Gasteiger partial charge on any atom is 0.322 e. The van der Waals surface area contributed by atoms with Gasteiger partial charge in [0.1, 0.15) is 0 Å². The second kappa shape index (κ2) is 7.05. The number of carbonyl (C=O) groups excluding carboxylic acids is 1. The van der Waals surface area contributed by atoms with E-state index in [0.29, 0.717) is 31.0 Å². The molecular weight excluding hydrogens is 276 g/mol. The molecule has 1 heterocycles. The highest BCUT2D eigenvalue weighted by molar-refractivity contribution is 5.91. The molecule has 3 N–H and O–H groups in total. The average molecular weight is 294 g/mol. The standard InChI is InChI=1S/C14H18N2O5/c17-8-11-9-21-6-5-16(11)14(20)15-12-4-2-1-3-10(12)7-13(18)19/h1-4,11,17H,5-9H2,(H,15,20)(H,18,19). The molecule has 0 aliphatic carbocycles. The molecule has 1 atom stereocenters. The monoisotopic (exact) mass is 294 g/mol. The van der Waals surface area contributed by atoms with Gasteiger partial charge in [-0.25, -0.2) is 4.79 Å². The first-order chi connectivity index (χ1) is 10.1. The number of anilines is 1. The van der Waals surface area contributed by atoms with E-state index >= 15 is 0 Å². The maximum absolute atomic E-state index is 12.3. The molecule has 1 aromatic carbocycles. The minimum atomic E-state index is -0.962. The van der Waals surface area contributed by atoms with Crippen molar-refractivity contribution >= 4 is 17.7 Å². The Balaban J connectivity index is 2.10. The van der Waals surface area contributed by atoms with Crippen LogP contribution in [-0.4, -0.2) is 59.5 Å². The largest absolute Gasteiger partial charge is 0.481 e. The average Bonchev–Trinajstić information content (AvgIpc) is 2.48. The molecule has 0 spiro atoms. The molecule has 7 nitrogen and oxygen atoms in total. The topological polar surface area (TPSA) is 99.1 Å². The van der Waals surface area contributed by atoms with Crippen LogP contribution in [0.4, 0.5) is 10.5 Å². The summed E-state index contributed by atoms with van der Waals surface area (Å²) >= 11 is 0. The summed E-state index contributed by atoms with van der Waals surface area (Å²) < 4.78 is 5.22. The van der Waals surface area contributed by atoms with E-state index in [0.717, 1.165) is 0 Å². The molecule has 0 bridgehead atoms. The van der Waals surface area contributed by atoms with Crippen molar-refractivity contribution in [3.63, 3.8) is 0 Å². The van der Waals surface area contributed by atoms with Crippen molar-refractivity contribution in [2.45, 2.75) is 12.5 Å². The highest BCUT2D eigenvalue weighted by Crippen LogP contribution is 2.17. The lowest BCUT2D eigenvalue weighted by molar-refractivity contribution is -0.136. The Morgan fingerprint density at radius 2 is 2.14 bits per heavy atom. The van der Waals surface area contributed by atoms with Gasteiger partial charge in [-0.15, -0.1) is 0 Å². The number of morpholine rings is 1. The van der Waals surface area contributed by atoms with E-state index in [1.54, 1.807) is 24.3 Å². The second-order valence-corrected chi connectivity index (χ2v) is 4.76. The van der Waals surface area contributed by atoms with Gasteiger partial charge in [0, 0.05) is 12.2 Å². The Hall–Kier alpha value is -2.12. The molecule has 0 radical (unpaired) electrons. The van der Waals surface area contributed by atoms with E-state index in [-0.39, 0.29) is 25.1 Å². The van der Waals surface area contributed by atoms with E-state index in [9.17, 15) is 14.7 Å². The molecule has 1 aliphatic heterocycles. The lowest BCUT2D eigenvalue weighted by atomic mass is 10.1. The number of carboxylic acids is 1. The second-order valence-electron chi connectivity index (χ2n) is 4.76. The fraction of sp³-hybridized carbons (Fsp3) is 0.429. The van der Waals surface area contributed by atoms with Crippen LogP contribution in [-0.2, 0) is 16.0 Å². The number of amides is 2. The molecule has 7 heteroatoms. The summed E-state index contributed by atoms with van der Waals surface area (Å²) in [5.74, 6) is -0.962. The third kappa shape index (κ3) is 3.93. The summed E-state index contributed by atoms with van der Waals surface area (Å²) in [6, 6.07) is 6.01. The first kappa shape index (κ1) is 15.3. The van der Waals surface area contributed by atoms with Gasteiger partial charge in [-0.1, -0.05) is 18.2 Å². The van der Waals surface area contributed by atoms with Gasteiger partial charge in [0.25, 0.3) is 0 Å². The van der Waals surface area contributed by atoms with Gasteiger partial charge in [0.2, 0.25) is 0 Å². The molecular formula is C14H18N2O5. The number of aliphatic hydroxyl groups excluding tert-OH is 1. The fourth-order valence-corrected chi connectivity index (χ4v) is 2.22. The summed E-state index contributed by atoms with van der Waals surface area (Å²) in [4.78, 5) is 24.6. The summed E-state index contributed by atoms with van der Waals surface area (Å²) in [6.45, 7) is 0.920. The van der Waals surface area contributed by atoms with Crippen LogP contribution in [0.1, 0.15) is 5.56 Å². The molecule has 114 valence electrons. The number of rotatable bonds is 4. The Kier molecular flexibility index (Phi) is 5.13. The van der Waals surface area contributed by atoms with Gasteiger partial charge >= 0.3 is 12.0 Å². The summed E-state index contributed by atoms with van der Waals surface area (Å²) in [6.07, 6.45) is -0.164. The summed E-state index contributed by atoms with van der Waals surface area (Å²) in [7, 11) is 0. The smallest absolute Gasteiger partial charge is 0.322 e. The first-order valence-electron chi connectivity index (χ1n) is 6.67. The normalized spacial score (nSPS) is 18.3. The maximum atomic E-state index is 12.3. The highest BCUT2D eigenvalue weighted by atomic mass is 16.5. The number of para-hydroxylation sites is 1. The molecule has 1 aliphatic rings. The van der Waals surface area contributed by atoms with Crippen LogP contribution in [0.3, 0.4) is 0 Å². The number of urea groups is 1. The van der Waals surface area contributed by atoms with Gasteiger partial charge in [0.05, 0.1) is 32.3 Å². The van der Waals surface area contributed by atoms with E-state index in [4.69, 9.17) is 9.84 Å². The Bertz CT molecular complexity index is 520. The molecule has 21 heavy (non-hydrogen) atoms. The molecule has 2 rings (SSSR count). The number of nitrogens with one attached hydrogen (secondary N) is 1. The highest BCUT2D eigenvalue weighted by Gasteiger charge is 2.27. The van der Waals surface area contributed by atoms with Gasteiger partial charge in [-0.05, 0) is 11.6 Å². The van der Waals surface area contributed by atoms with Crippen molar-refractivity contribution in [3.05, 3.63) is 29.8 Å². The molecule has 0 aromatic heterocycles. The van der Waals surface area contributed by atoms with Crippen LogP contribution in [0.2, 0.25) is 0 Å². The number of aliphatic carboxylic acids is 1. The van der Waals surface area contributed by atoms with Crippen molar-refractivity contribution in [3.8, 4) is 0 Å². The Labute approximate surface area is 122 Å². The van der Waals surface area contributed by atoms with Crippen molar-refractivity contribution in [2.75, 3.05) is 31.7 Å². The van der Waals surface area contributed by atoms with Crippen LogP contribution < -0.4 is 5.32 Å². The molecule has 1 fully saturated rings. The lowest BCUT2D eigenvalue weighted by Gasteiger charge is -2.34. The van der Waals surface area contributed by atoms with Crippen molar-refractivity contribution in [2.24, 2.45) is 0 Å². The molecule has 1 aromatic rings. The number of hydrogen-bond acceptors (Lipinski definition) is 4. The van der Waals surface area contributed by atoms with Crippen molar-refractivity contribution in [1.29, 1.82) is 0 Å². The predicted octanol–water partition coefficient (Wildman–Crippen LogP) is 0.539. The Morgan fingerprint density at radius 3 is 2.86 bits per heavy atom. The van der Waals surface area contributed by atoms with E-state index in [2.05, 4.69) is 5.32 Å². The molecule has 1 unspecified atom stereocenters. The van der Waals surface area contributed by atoms with Gasteiger partial charge in [0.15, 0.2) is 0 Å². The van der Waals surface area contributed by atoms with Crippen LogP contribution >= 0.6 is 0 Å². The van der Waals surface area contributed by atoms with Gasteiger partial charge in [-0.3, -0.25) is 4.79 Å². The SMILES string of the molecule is O=C(O)Cc1ccccc1NC(=O)N1CCOCC1CO. The first-order valence-corrected chi connectivity index (χ1v) is 6.67. The zero-order chi connectivity index (χ0) is 15.2. The van der Waals surface area contributed by atoms with Crippen LogP contribution in [0.15, 0.2) is 24.3 Å². The van der Waals surface area contributed by atoms with E-state index < -0.39 is 5.97 Å². The third-order valence-corrected chi connectivity index (χ3v) is 3.30. The molecule has 0 saturated carbocycles. The zero-order valence-electron chi connectivity index (χ0n) is 11.5. The summed E-state index contributed by atoms with van der Waals surface area (Å²) in [5, 5.41) is 20.9. The van der Waals surface area contributed by atoms with Gasteiger partial charge in [-0.2, -0.15) is 0 Å². The quantitative estimate of drug-likeness (QED) is 0.752. The van der Waals surface area contributed by atoms with Gasteiger partial charge < -0.3 is 25.2 Å². The third-order valence-electron chi connectivity index (χ3n) is 3.30. The fourth-order valence-electron chi connectivity index (χ4n) is 2.22. The van der Waals surface area contributed by atoms with Crippen molar-refractivity contribution in [1.82, 2.24) is 4.90 Å². The number of ether oxygens (including phenoxy) is 1. The number of hydrogen-bond donors (Lipinski definition) is 3. The molecule has 2 amide bonds. The minimum absolute atomic E-state index is 0.164. The number of benzene rings is 1. The lowest BCUT2D eigenvalue weighted by Crippen LogP contribution is -2.52. The number of nitrogens with zero attached hydrogens (tertiary/aromatic N) is 1. The van der Waals surface area contributed by atoms with Crippen LogP contribution in [0.5, 0.6) is 0 Å². The van der Waals surface area contributed by atoms with Crippen LogP contribution in [0.25, 0.3) is 0 Å². The summed E-state index contributed by atoms with van der Waals surface area (Å²) in [5.41, 5.74) is 1.00. The molecule has 1 saturated heterocycles.